The summed E-state index contributed by atoms with van der Waals surface area (Å²) in [5.74, 6) is 1.15. The van der Waals surface area contributed by atoms with Gasteiger partial charge in [0.1, 0.15) is 22.9 Å². The van der Waals surface area contributed by atoms with E-state index in [1.54, 1.807) is 63.1 Å². The summed E-state index contributed by atoms with van der Waals surface area (Å²) in [5.41, 5.74) is 6.37. The van der Waals surface area contributed by atoms with Crippen LogP contribution in [-0.2, 0) is 30.3 Å². The van der Waals surface area contributed by atoms with E-state index in [-0.39, 0.29) is 34.7 Å². The zero-order valence-corrected chi connectivity index (χ0v) is 35.0. The minimum atomic E-state index is -0.669. The minimum Gasteiger partial charge on any atom is -0.381 e. The van der Waals surface area contributed by atoms with Gasteiger partial charge in [0.05, 0.1) is 35.3 Å². The van der Waals surface area contributed by atoms with Crippen molar-refractivity contribution in [2.24, 2.45) is 13.0 Å². The second-order valence-electron chi connectivity index (χ2n) is 16.9. The van der Waals surface area contributed by atoms with E-state index < -0.39 is 5.54 Å². The number of amides is 1. The molecule has 1 saturated heterocycles. The Kier molecular flexibility index (Phi) is 8.52. The molecule has 14 nitrogen and oxygen atoms in total. The molecule has 1 saturated carbocycles. The standard InChI is InChI=1S/C45H43FN10O4S/c1-25-17-33(18-26(2)39(25)46)56-40(54-14-13-53(44(54)58)32-6-8-36-31(20-32)23-47-51(36)4)34-24-52(12-9-35(34)49-56)41(57)38-21-30-19-29(28-10-15-59-16-11-28)5-7-37(30)55(38)45(22-27(45)3)42-48-43(61)60-50-42/h5-8,13-14,17-21,23,27-28H,9-12,15-16,22,24H2,1-4H3,(H,48,50,61)/t27-,45-/m0/s1. The molecule has 3 aromatic carbocycles. The van der Waals surface area contributed by atoms with Gasteiger partial charge in [-0.15, -0.1) is 0 Å². The van der Waals surface area contributed by atoms with E-state index in [4.69, 9.17) is 26.6 Å². The summed E-state index contributed by atoms with van der Waals surface area (Å²) in [6, 6.07) is 17.8. The molecule has 0 radical (unpaired) electrons. The zero-order valence-electron chi connectivity index (χ0n) is 34.2. The molecule has 61 heavy (non-hydrogen) atoms. The maximum atomic E-state index is 15.3. The Bertz CT molecular complexity index is 3190. The van der Waals surface area contributed by atoms with E-state index in [0.29, 0.717) is 58.7 Å². The number of nitrogens with one attached hydrogen (secondary N) is 1. The number of carbonyl (C=O) groups is 1. The van der Waals surface area contributed by atoms with Gasteiger partial charge in [-0.25, -0.2) is 13.9 Å². The van der Waals surface area contributed by atoms with Crippen molar-refractivity contribution >= 4 is 39.9 Å². The number of rotatable bonds is 7. The van der Waals surface area contributed by atoms with Gasteiger partial charge in [0, 0.05) is 67.5 Å². The first-order valence-corrected chi connectivity index (χ1v) is 21.1. The van der Waals surface area contributed by atoms with Crippen LogP contribution in [0.3, 0.4) is 0 Å². The van der Waals surface area contributed by atoms with E-state index in [1.165, 1.54) is 5.56 Å². The summed E-state index contributed by atoms with van der Waals surface area (Å²) in [7, 11) is 1.88. The highest BCUT2D eigenvalue weighted by molar-refractivity contribution is 7.71. The van der Waals surface area contributed by atoms with Crippen molar-refractivity contribution in [1.82, 2.24) is 48.3 Å². The second-order valence-corrected chi connectivity index (χ2v) is 17.3. The van der Waals surface area contributed by atoms with Gasteiger partial charge >= 0.3 is 5.69 Å². The van der Waals surface area contributed by atoms with Crippen LogP contribution in [0, 0.1) is 30.4 Å². The van der Waals surface area contributed by atoms with Crippen LogP contribution in [0.15, 0.2) is 82.5 Å². The first-order valence-electron chi connectivity index (χ1n) is 20.7. The summed E-state index contributed by atoms with van der Waals surface area (Å²) in [5, 5.41) is 15.7. The van der Waals surface area contributed by atoms with Crippen molar-refractivity contribution in [3.63, 3.8) is 0 Å². The lowest BCUT2D eigenvalue weighted by Crippen LogP contribution is -2.39. The van der Waals surface area contributed by atoms with Crippen molar-refractivity contribution in [3.8, 4) is 17.2 Å². The molecule has 0 spiro atoms. The monoisotopic (exact) mass is 838 g/mol. The number of H-pyrrole nitrogens is 1. The van der Waals surface area contributed by atoms with E-state index in [0.717, 1.165) is 65.5 Å². The molecule has 1 amide bonds. The lowest BCUT2D eigenvalue weighted by molar-refractivity contribution is 0.0721. The lowest BCUT2D eigenvalue weighted by Gasteiger charge is -2.29. The molecule has 2 atom stereocenters. The zero-order chi connectivity index (χ0) is 41.9. The van der Waals surface area contributed by atoms with Crippen LogP contribution in [0.2, 0.25) is 0 Å². The third-order valence-electron chi connectivity index (χ3n) is 13.2. The summed E-state index contributed by atoms with van der Waals surface area (Å²) in [4.78, 5) is 35.0. The maximum Gasteiger partial charge on any atom is 0.338 e. The van der Waals surface area contributed by atoms with Gasteiger partial charge in [0.25, 0.3) is 10.7 Å². The predicted molar refractivity (Wildman–Crippen MR) is 228 cm³/mol. The van der Waals surface area contributed by atoms with Gasteiger partial charge in [-0.2, -0.15) is 10.2 Å². The fourth-order valence-electron chi connectivity index (χ4n) is 9.88. The van der Waals surface area contributed by atoms with Crippen LogP contribution in [0.25, 0.3) is 39.0 Å². The molecule has 8 aromatic rings. The van der Waals surface area contributed by atoms with Crippen molar-refractivity contribution in [3.05, 3.63) is 134 Å². The third kappa shape index (κ3) is 5.82. The Hall–Kier alpha value is -6.39. The normalized spacial score (nSPS) is 19.3. The number of aromatic nitrogens is 9. The van der Waals surface area contributed by atoms with Crippen LogP contribution < -0.4 is 5.69 Å². The average Bonchev–Trinajstić information content (AvgIpc) is 3.89. The average molecular weight is 839 g/mol. The fraction of sp³-hybridized carbons (Fsp3) is 0.333. The van der Waals surface area contributed by atoms with Crippen molar-refractivity contribution < 1.29 is 18.4 Å². The van der Waals surface area contributed by atoms with Crippen LogP contribution in [0.1, 0.15) is 76.4 Å². The summed E-state index contributed by atoms with van der Waals surface area (Å²) in [6.45, 7) is 7.63. The Balaban J connectivity index is 1.04. The second kappa shape index (κ2) is 13.8. The fourth-order valence-corrected chi connectivity index (χ4v) is 10.0. The first kappa shape index (κ1) is 37.6. The quantitative estimate of drug-likeness (QED) is 0.165. The SMILES string of the molecule is Cc1cc(-n2nc3c(c2-n2ccn(-c4ccc5c(cnn5C)c4)c2=O)CN(C(=O)c2cc4cc(C5CCOCC5)ccc4n2[C@@]2(c4noc(=S)[nH]4)C[C@@H]2C)CC3)cc(C)c1F. The van der Waals surface area contributed by atoms with Crippen LogP contribution in [-0.4, -0.2) is 74.0 Å². The molecule has 16 heteroatoms. The lowest BCUT2D eigenvalue weighted by atomic mass is 9.91. The van der Waals surface area contributed by atoms with E-state index in [2.05, 4.69) is 44.9 Å². The molecule has 7 heterocycles. The molecule has 1 N–H and O–H groups in total. The molecule has 11 rings (SSSR count). The largest absolute Gasteiger partial charge is 0.381 e. The minimum absolute atomic E-state index is 0.135. The van der Waals surface area contributed by atoms with Crippen LogP contribution in [0.5, 0.6) is 0 Å². The Morgan fingerprint density at radius 2 is 1.72 bits per heavy atom. The van der Waals surface area contributed by atoms with Gasteiger partial charge in [-0.3, -0.25) is 23.6 Å². The van der Waals surface area contributed by atoms with Crippen LogP contribution >= 0.6 is 12.2 Å². The smallest absolute Gasteiger partial charge is 0.338 e. The molecule has 0 bridgehead atoms. The molecular weight excluding hydrogens is 796 g/mol. The predicted octanol–water partition coefficient (Wildman–Crippen LogP) is 7.33. The van der Waals surface area contributed by atoms with Gasteiger partial charge < -0.3 is 18.7 Å². The third-order valence-corrected chi connectivity index (χ3v) is 13.4. The van der Waals surface area contributed by atoms with Gasteiger partial charge in [-0.1, -0.05) is 18.1 Å². The Labute approximate surface area is 353 Å². The molecule has 1 aliphatic carbocycles. The number of benzene rings is 3. The number of fused-ring (bicyclic) bond motifs is 3. The van der Waals surface area contributed by atoms with Crippen molar-refractivity contribution in [2.45, 2.75) is 64.5 Å². The highest BCUT2D eigenvalue weighted by Gasteiger charge is 2.59. The van der Waals surface area contributed by atoms with E-state index in [9.17, 15) is 4.79 Å². The number of aromatic amines is 1. The van der Waals surface area contributed by atoms with E-state index in [1.807, 2.05) is 36.2 Å². The van der Waals surface area contributed by atoms with Crippen molar-refractivity contribution in [2.75, 3.05) is 19.8 Å². The number of hydrogen-bond acceptors (Lipinski definition) is 8. The van der Waals surface area contributed by atoms with Gasteiger partial charge in [0.2, 0.25) is 0 Å². The molecular formula is C45H43FN10O4S. The molecule has 5 aromatic heterocycles. The maximum absolute atomic E-state index is 15.3. The summed E-state index contributed by atoms with van der Waals surface area (Å²) >= 11 is 5.34. The van der Waals surface area contributed by atoms with Gasteiger partial charge in [-0.05, 0) is 122 Å². The molecule has 0 unspecified atom stereocenters. The summed E-state index contributed by atoms with van der Waals surface area (Å²) in [6.07, 6.45) is 8.30. The van der Waals surface area contributed by atoms with Gasteiger partial charge in [0.15, 0.2) is 5.82 Å². The Morgan fingerprint density at radius 3 is 2.46 bits per heavy atom. The highest BCUT2D eigenvalue weighted by Crippen LogP contribution is 2.56. The number of imidazole rings is 1. The number of ether oxygens (including phenoxy) is 1. The summed E-state index contributed by atoms with van der Waals surface area (Å²) < 4.78 is 34.9. The first-order chi connectivity index (χ1) is 29.5. The number of aryl methyl sites for hydroxylation is 3. The topological polar surface area (TPSA) is 139 Å². The number of carbonyl (C=O) groups excluding carboxylic acids is 1. The highest BCUT2D eigenvalue weighted by atomic mass is 32.1. The Morgan fingerprint density at radius 1 is 0.967 bits per heavy atom. The van der Waals surface area contributed by atoms with Crippen LogP contribution in [0.4, 0.5) is 4.39 Å². The molecule has 2 aliphatic heterocycles. The molecule has 310 valence electrons. The molecule has 3 aliphatic rings. The van der Waals surface area contributed by atoms with E-state index >= 15 is 9.18 Å². The number of hydrogen-bond donors (Lipinski definition) is 1. The molecule has 2 fully saturated rings. The number of halogens is 1. The van der Waals surface area contributed by atoms with Crippen molar-refractivity contribution in [1.29, 1.82) is 0 Å². The number of nitrogens with zero attached hydrogens (tertiary/aromatic N) is 9.